The summed E-state index contributed by atoms with van der Waals surface area (Å²) in [6, 6.07) is 15.3. The number of aliphatic carboxylic acids is 1. The van der Waals surface area contributed by atoms with Crippen molar-refractivity contribution in [1.29, 1.82) is 0 Å². The number of carboxylic acid groups (broad SMARTS) is 1. The van der Waals surface area contributed by atoms with Gasteiger partial charge in [0.25, 0.3) is 0 Å². The van der Waals surface area contributed by atoms with Gasteiger partial charge in [0, 0.05) is 6.42 Å². The Bertz CT molecular complexity index is 717. The second kappa shape index (κ2) is 7.53. The fourth-order valence-electron chi connectivity index (χ4n) is 2.31. The van der Waals surface area contributed by atoms with Gasteiger partial charge in [-0.2, -0.15) is 0 Å². The summed E-state index contributed by atoms with van der Waals surface area (Å²) in [4.78, 5) is 11.5. The van der Waals surface area contributed by atoms with E-state index in [1.807, 2.05) is 30.3 Å². The van der Waals surface area contributed by atoms with Gasteiger partial charge >= 0.3 is 5.97 Å². The number of nitrogens with zero attached hydrogens (tertiary/aromatic N) is 1. The van der Waals surface area contributed by atoms with Crippen molar-refractivity contribution in [3.63, 3.8) is 0 Å². The van der Waals surface area contributed by atoms with Gasteiger partial charge in [0.05, 0.1) is 12.7 Å². The third kappa shape index (κ3) is 3.94. The molecule has 0 unspecified atom stereocenters. The first-order valence-electron chi connectivity index (χ1n) is 7.13. The van der Waals surface area contributed by atoms with Gasteiger partial charge in [-0.25, -0.2) is 15.0 Å². The summed E-state index contributed by atoms with van der Waals surface area (Å²) in [6.45, 7) is 0. The Kier molecular flexibility index (Phi) is 5.46. The summed E-state index contributed by atoms with van der Waals surface area (Å²) in [7, 11) is 1.61. The molecule has 0 bridgehead atoms. The molecule has 2 aromatic rings. The molecule has 6 heteroatoms. The van der Waals surface area contributed by atoms with Crippen molar-refractivity contribution in [1.82, 2.24) is 0 Å². The number of hydrazine groups is 1. The van der Waals surface area contributed by atoms with Crippen LogP contribution in [0.25, 0.3) is 0 Å². The van der Waals surface area contributed by atoms with Gasteiger partial charge in [-0.3, -0.25) is 5.01 Å². The molecule has 0 fully saturated rings. The molecule has 0 saturated carbocycles. The van der Waals surface area contributed by atoms with Gasteiger partial charge in [0.2, 0.25) is 5.70 Å². The molecule has 5 nitrogen and oxygen atoms in total. The molecule has 120 valence electrons. The quantitative estimate of drug-likeness (QED) is 0.425. The lowest BCUT2D eigenvalue weighted by Crippen LogP contribution is -2.80. The number of anilines is 1. The number of allylic oxidation sites excluding steroid dienone is 1. The van der Waals surface area contributed by atoms with Crippen LogP contribution in [0.5, 0.6) is 0 Å². The molecule has 0 radical (unpaired) electrons. The van der Waals surface area contributed by atoms with Gasteiger partial charge < -0.3 is 10.4 Å². The fraction of sp³-hybridized carbons (Fsp3) is 0.118. The summed E-state index contributed by atoms with van der Waals surface area (Å²) >= 11 is 0. The van der Waals surface area contributed by atoms with Crippen molar-refractivity contribution in [2.75, 3.05) is 12.1 Å². The Morgan fingerprint density at radius 3 is 2.35 bits per heavy atom. The van der Waals surface area contributed by atoms with E-state index in [9.17, 15) is 14.3 Å². The van der Waals surface area contributed by atoms with E-state index in [-0.39, 0.29) is 17.8 Å². The second-order valence-corrected chi connectivity index (χ2v) is 4.94. The van der Waals surface area contributed by atoms with Crippen LogP contribution in [0.2, 0.25) is 0 Å². The molecule has 0 spiro atoms. The lowest BCUT2D eigenvalue weighted by Gasteiger charge is -2.23. The standard InChI is InChI=1S/C17H18FN3O2/c1-20-16(17(22)23)15(11-12-7-3-2-4-8-12)21(19)14-10-6-5-9-13(14)18/h2-10,20H,11,19H2,1H3,(H,22,23)/p+1. The number of carboxylic acids is 1. The number of likely N-dealkylation sites (N-methyl/N-ethyl adjacent to an activating group) is 1. The smallest absolute Gasteiger partial charge is 0.392 e. The minimum Gasteiger partial charge on any atom is -0.474 e. The Labute approximate surface area is 133 Å². The van der Waals surface area contributed by atoms with E-state index in [2.05, 4.69) is 0 Å². The number of benzene rings is 2. The molecule has 0 saturated heterocycles. The lowest BCUT2D eigenvalue weighted by atomic mass is 10.1. The molecule has 0 aromatic heterocycles. The van der Waals surface area contributed by atoms with Crippen molar-refractivity contribution < 1.29 is 19.6 Å². The predicted molar refractivity (Wildman–Crippen MR) is 85.7 cm³/mol. The number of nitrogens with two attached hydrogens (primary N) is 2. The summed E-state index contributed by atoms with van der Waals surface area (Å²) in [5.41, 5.74) is 1.37. The van der Waals surface area contributed by atoms with E-state index in [0.717, 1.165) is 10.6 Å². The lowest BCUT2D eigenvalue weighted by molar-refractivity contribution is -0.572. The van der Waals surface area contributed by atoms with Crippen LogP contribution in [-0.2, 0) is 11.2 Å². The third-order valence-corrected chi connectivity index (χ3v) is 3.45. The van der Waals surface area contributed by atoms with E-state index in [4.69, 9.17) is 5.84 Å². The van der Waals surface area contributed by atoms with Gasteiger partial charge in [-0.05, 0) is 17.7 Å². The zero-order valence-electron chi connectivity index (χ0n) is 12.7. The number of hydrogen-bond donors (Lipinski definition) is 3. The van der Waals surface area contributed by atoms with Crippen molar-refractivity contribution in [3.05, 3.63) is 77.4 Å². The van der Waals surface area contributed by atoms with E-state index in [1.54, 1.807) is 19.2 Å². The summed E-state index contributed by atoms with van der Waals surface area (Å²) in [6.07, 6.45) is 0.275. The highest BCUT2D eigenvalue weighted by molar-refractivity contribution is 5.85. The maximum absolute atomic E-state index is 14.0. The van der Waals surface area contributed by atoms with Crippen LogP contribution >= 0.6 is 0 Å². The van der Waals surface area contributed by atoms with Crippen molar-refractivity contribution >= 4 is 11.7 Å². The Morgan fingerprint density at radius 2 is 1.78 bits per heavy atom. The highest BCUT2D eigenvalue weighted by Crippen LogP contribution is 2.22. The van der Waals surface area contributed by atoms with Crippen LogP contribution in [-0.4, -0.2) is 18.1 Å². The zero-order chi connectivity index (χ0) is 16.8. The van der Waals surface area contributed by atoms with Crippen LogP contribution in [0.15, 0.2) is 66.0 Å². The molecule has 23 heavy (non-hydrogen) atoms. The average Bonchev–Trinajstić information content (AvgIpc) is 2.55. The normalized spacial score (nSPS) is 11.8. The van der Waals surface area contributed by atoms with E-state index < -0.39 is 11.8 Å². The SMILES string of the molecule is C[NH2+]C(C(=O)O)=C(Cc1ccccc1)N(N)c1ccccc1F. The van der Waals surface area contributed by atoms with Gasteiger partial charge in [-0.15, -0.1) is 0 Å². The summed E-state index contributed by atoms with van der Waals surface area (Å²) in [5.74, 6) is 4.44. The highest BCUT2D eigenvalue weighted by atomic mass is 19.1. The monoisotopic (exact) mass is 316 g/mol. The number of halogens is 1. The number of hydrogen-bond acceptors (Lipinski definition) is 3. The maximum Gasteiger partial charge on any atom is 0.392 e. The van der Waals surface area contributed by atoms with Crippen LogP contribution in [0, 0.1) is 5.82 Å². The first kappa shape index (κ1) is 16.7. The number of quaternary nitrogens is 1. The molecule has 0 aliphatic heterocycles. The summed E-state index contributed by atoms with van der Waals surface area (Å²) in [5, 5.41) is 12.0. The highest BCUT2D eigenvalue weighted by Gasteiger charge is 2.24. The fourth-order valence-corrected chi connectivity index (χ4v) is 2.31. The topological polar surface area (TPSA) is 83.2 Å². The number of rotatable bonds is 6. The minimum absolute atomic E-state index is 0.0413. The van der Waals surface area contributed by atoms with E-state index >= 15 is 0 Å². The molecule has 0 amide bonds. The largest absolute Gasteiger partial charge is 0.474 e. The second-order valence-electron chi connectivity index (χ2n) is 4.94. The molecular weight excluding hydrogens is 297 g/mol. The molecule has 0 aliphatic carbocycles. The van der Waals surface area contributed by atoms with Crippen molar-refractivity contribution in [2.45, 2.75) is 6.42 Å². The van der Waals surface area contributed by atoms with Crippen molar-refractivity contribution in [2.24, 2.45) is 5.84 Å². The predicted octanol–water partition coefficient (Wildman–Crippen LogP) is 1.24. The molecule has 2 rings (SSSR count). The molecule has 2 aromatic carbocycles. The first-order valence-corrected chi connectivity index (χ1v) is 7.13. The third-order valence-electron chi connectivity index (χ3n) is 3.45. The summed E-state index contributed by atoms with van der Waals surface area (Å²) < 4.78 is 14.0. The Hall–Kier alpha value is -2.70. The van der Waals surface area contributed by atoms with Crippen LogP contribution in [0.4, 0.5) is 10.1 Å². The zero-order valence-corrected chi connectivity index (χ0v) is 12.7. The first-order chi connectivity index (χ1) is 11.0. The van der Waals surface area contributed by atoms with E-state index in [0.29, 0.717) is 5.70 Å². The van der Waals surface area contributed by atoms with Crippen LogP contribution in [0.3, 0.4) is 0 Å². The Morgan fingerprint density at radius 1 is 1.17 bits per heavy atom. The molecule has 5 N–H and O–H groups in total. The molecule has 0 atom stereocenters. The van der Waals surface area contributed by atoms with Crippen LogP contribution < -0.4 is 16.2 Å². The number of para-hydroxylation sites is 1. The average molecular weight is 316 g/mol. The molecule has 0 aliphatic rings. The van der Waals surface area contributed by atoms with Crippen LogP contribution in [0.1, 0.15) is 5.56 Å². The van der Waals surface area contributed by atoms with Crippen molar-refractivity contribution in [3.8, 4) is 0 Å². The molecular formula is C17H19FN3O2+. The Balaban J connectivity index is 2.49. The van der Waals surface area contributed by atoms with Gasteiger partial charge in [0.1, 0.15) is 11.5 Å². The van der Waals surface area contributed by atoms with Gasteiger partial charge in [0.15, 0.2) is 0 Å². The number of carbonyl (C=O) groups is 1. The molecule has 0 heterocycles. The minimum atomic E-state index is -1.11. The maximum atomic E-state index is 14.0. The van der Waals surface area contributed by atoms with E-state index in [1.165, 1.54) is 17.4 Å². The van der Waals surface area contributed by atoms with Gasteiger partial charge in [-0.1, -0.05) is 42.5 Å².